The van der Waals surface area contributed by atoms with Crippen LogP contribution in [0.2, 0.25) is 0 Å². The van der Waals surface area contributed by atoms with Gasteiger partial charge in [0.05, 0.1) is 32.3 Å². The molecule has 0 radical (unpaired) electrons. The highest BCUT2D eigenvalue weighted by Gasteiger charge is 2.13. The molecule has 0 unspecified atom stereocenters. The summed E-state index contributed by atoms with van der Waals surface area (Å²) < 4.78 is 17.7. The first kappa shape index (κ1) is 16.0. The number of amides is 1. The number of fused-ring (bicyclic) bond motifs is 1. The molecule has 0 aliphatic heterocycles. The lowest BCUT2D eigenvalue weighted by Gasteiger charge is -2.07. The Bertz CT molecular complexity index is 1030. The number of nitrogens with zero attached hydrogens (tertiary/aromatic N) is 2. The number of furan rings is 2. The molecule has 26 heavy (non-hydrogen) atoms. The van der Waals surface area contributed by atoms with E-state index < -0.39 is 0 Å². The number of rotatable bonds is 6. The second-order valence-electron chi connectivity index (χ2n) is 5.80. The van der Waals surface area contributed by atoms with E-state index in [9.17, 15) is 4.79 Å². The minimum Gasteiger partial charge on any atom is -0.497 e. The summed E-state index contributed by atoms with van der Waals surface area (Å²) in [5, 5.41) is 8.00. The molecule has 132 valence electrons. The van der Waals surface area contributed by atoms with E-state index in [1.54, 1.807) is 42.6 Å². The maximum Gasteiger partial charge on any atom is 0.230 e. The van der Waals surface area contributed by atoms with Crippen LogP contribution in [0.4, 0.5) is 5.82 Å². The molecule has 7 nitrogen and oxygen atoms in total. The van der Waals surface area contributed by atoms with Gasteiger partial charge in [-0.1, -0.05) is 0 Å². The molecule has 0 saturated heterocycles. The number of hydrogen-bond acceptors (Lipinski definition) is 5. The highest BCUT2D eigenvalue weighted by Crippen LogP contribution is 2.26. The van der Waals surface area contributed by atoms with Crippen LogP contribution < -0.4 is 10.1 Å². The lowest BCUT2D eigenvalue weighted by molar-refractivity contribution is -0.115. The normalized spacial score (nSPS) is 11.0. The Balaban J connectivity index is 1.47. The molecule has 1 N–H and O–H groups in total. The zero-order valence-electron chi connectivity index (χ0n) is 14.1. The van der Waals surface area contributed by atoms with E-state index >= 15 is 0 Å². The molecule has 7 heteroatoms. The molecule has 0 aliphatic carbocycles. The van der Waals surface area contributed by atoms with Crippen molar-refractivity contribution >= 4 is 22.7 Å². The van der Waals surface area contributed by atoms with Gasteiger partial charge in [-0.15, -0.1) is 0 Å². The van der Waals surface area contributed by atoms with E-state index in [2.05, 4.69) is 10.4 Å². The molecule has 1 amide bonds. The molecule has 0 atom stereocenters. The van der Waals surface area contributed by atoms with Gasteiger partial charge < -0.3 is 18.9 Å². The number of carbonyl (C=O) groups excluding carboxylic acids is 1. The van der Waals surface area contributed by atoms with E-state index in [0.717, 1.165) is 16.7 Å². The van der Waals surface area contributed by atoms with Crippen LogP contribution in [0.3, 0.4) is 0 Å². The highest BCUT2D eigenvalue weighted by atomic mass is 16.5. The van der Waals surface area contributed by atoms with E-state index in [0.29, 0.717) is 23.7 Å². The van der Waals surface area contributed by atoms with Crippen LogP contribution in [0.15, 0.2) is 64.0 Å². The molecular weight excluding hydrogens is 334 g/mol. The fourth-order valence-corrected chi connectivity index (χ4v) is 2.80. The van der Waals surface area contributed by atoms with Crippen molar-refractivity contribution in [2.75, 3.05) is 12.4 Å². The van der Waals surface area contributed by atoms with E-state index in [4.69, 9.17) is 13.6 Å². The number of methoxy groups -OCH3 is 1. The van der Waals surface area contributed by atoms with Crippen molar-refractivity contribution in [2.45, 2.75) is 13.0 Å². The molecule has 0 fully saturated rings. The molecule has 0 bridgehead atoms. The molecule has 1 aromatic carbocycles. The Hall–Kier alpha value is -3.48. The van der Waals surface area contributed by atoms with Crippen molar-refractivity contribution in [3.8, 4) is 5.75 Å². The summed E-state index contributed by atoms with van der Waals surface area (Å²) in [6.07, 6.45) is 5.04. The third kappa shape index (κ3) is 3.19. The SMILES string of the molecule is COc1ccc2c(CC(=O)Nc3ccnn3Cc3ccco3)coc2c1. The second kappa shape index (κ2) is 6.79. The molecule has 4 aromatic rings. The minimum atomic E-state index is -0.148. The number of carbonyl (C=O) groups is 1. The van der Waals surface area contributed by atoms with Gasteiger partial charge in [-0.25, -0.2) is 4.68 Å². The summed E-state index contributed by atoms with van der Waals surface area (Å²) in [5.41, 5.74) is 1.51. The van der Waals surface area contributed by atoms with E-state index in [1.807, 2.05) is 24.3 Å². The molecule has 0 spiro atoms. The molecule has 3 aromatic heterocycles. The monoisotopic (exact) mass is 351 g/mol. The first-order valence-corrected chi connectivity index (χ1v) is 8.11. The number of nitrogens with one attached hydrogen (secondary N) is 1. The highest BCUT2D eigenvalue weighted by molar-refractivity contribution is 5.95. The summed E-state index contributed by atoms with van der Waals surface area (Å²) in [5.74, 6) is 1.94. The lowest BCUT2D eigenvalue weighted by atomic mass is 10.1. The summed E-state index contributed by atoms with van der Waals surface area (Å²) in [6.45, 7) is 0.448. The first-order valence-electron chi connectivity index (χ1n) is 8.11. The van der Waals surface area contributed by atoms with Gasteiger partial charge in [0.15, 0.2) is 0 Å². The summed E-state index contributed by atoms with van der Waals surface area (Å²) in [6, 6.07) is 11.0. The van der Waals surface area contributed by atoms with E-state index in [1.165, 1.54) is 0 Å². The van der Waals surface area contributed by atoms with Crippen molar-refractivity contribution in [3.63, 3.8) is 0 Å². The summed E-state index contributed by atoms with van der Waals surface area (Å²) in [4.78, 5) is 12.5. The quantitative estimate of drug-likeness (QED) is 0.575. The third-order valence-electron chi connectivity index (χ3n) is 4.08. The van der Waals surface area contributed by atoms with Crippen molar-refractivity contribution in [3.05, 3.63) is 66.4 Å². The average molecular weight is 351 g/mol. The minimum absolute atomic E-state index is 0.148. The van der Waals surface area contributed by atoms with Crippen LogP contribution in [0.5, 0.6) is 5.75 Å². The van der Waals surface area contributed by atoms with Gasteiger partial charge in [-0.2, -0.15) is 5.10 Å². The van der Waals surface area contributed by atoms with Gasteiger partial charge in [-0.3, -0.25) is 4.79 Å². The van der Waals surface area contributed by atoms with Gasteiger partial charge in [-0.05, 0) is 24.3 Å². The number of anilines is 1. The largest absolute Gasteiger partial charge is 0.497 e. The average Bonchev–Trinajstić information content (AvgIpc) is 3.38. The fourth-order valence-electron chi connectivity index (χ4n) is 2.80. The van der Waals surface area contributed by atoms with Gasteiger partial charge in [0, 0.05) is 23.1 Å². The molecular formula is C19H17N3O4. The molecule has 4 rings (SSSR count). The predicted octanol–water partition coefficient (Wildman–Crippen LogP) is 3.46. The molecule has 0 aliphatic rings. The van der Waals surface area contributed by atoms with Gasteiger partial charge in [0.25, 0.3) is 0 Å². The molecule has 0 saturated carbocycles. The van der Waals surface area contributed by atoms with Crippen LogP contribution in [-0.2, 0) is 17.8 Å². The van der Waals surface area contributed by atoms with Gasteiger partial charge >= 0.3 is 0 Å². The Morgan fingerprint density at radius 2 is 2.19 bits per heavy atom. The Kier molecular flexibility index (Phi) is 4.18. The van der Waals surface area contributed by atoms with Crippen molar-refractivity contribution in [2.24, 2.45) is 0 Å². The van der Waals surface area contributed by atoms with Crippen molar-refractivity contribution < 1.29 is 18.4 Å². The van der Waals surface area contributed by atoms with E-state index in [-0.39, 0.29) is 12.3 Å². The van der Waals surface area contributed by atoms with Crippen LogP contribution in [0, 0.1) is 0 Å². The van der Waals surface area contributed by atoms with Crippen LogP contribution >= 0.6 is 0 Å². The lowest BCUT2D eigenvalue weighted by Crippen LogP contribution is -2.17. The van der Waals surface area contributed by atoms with Gasteiger partial charge in [0.2, 0.25) is 5.91 Å². The number of aromatic nitrogens is 2. The topological polar surface area (TPSA) is 82.4 Å². The van der Waals surface area contributed by atoms with Crippen molar-refractivity contribution in [1.29, 1.82) is 0 Å². The maximum atomic E-state index is 12.5. The Morgan fingerprint density at radius 3 is 3.00 bits per heavy atom. The maximum absolute atomic E-state index is 12.5. The van der Waals surface area contributed by atoms with Gasteiger partial charge in [0.1, 0.15) is 29.5 Å². The fraction of sp³-hybridized carbons (Fsp3) is 0.158. The number of ether oxygens (including phenoxy) is 1. The standard InChI is InChI=1S/C19H17N3O4/c1-24-14-4-5-16-13(12-26-17(16)10-14)9-19(23)21-18-6-7-20-22(18)11-15-3-2-8-25-15/h2-8,10,12H,9,11H2,1H3,(H,21,23). The number of benzene rings is 1. The third-order valence-corrected chi connectivity index (χ3v) is 4.08. The molecule has 3 heterocycles. The summed E-state index contributed by atoms with van der Waals surface area (Å²) >= 11 is 0. The Labute approximate surface area is 149 Å². The zero-order valence-corrected chi connectivity index (χ0v) is 14.1. The smallest absolute Gasteiger partial charge is 0.230 e. The predicted molar refractivity (Wildman–Crippen MR) is 95.1 cm³/mol. The first-order chi connectivity index (χ1) is 12.7. The Morgan fingerprint density at radius 1 is 1.27 bits per heavy atom. The van der Waals surface area contributed by atoms with Crippen molar-refractivity contribution in [1.82, 2.24) is 9.78 Å². The second-order valence-corrected chi connectivity index (χ2v) is 5.80. The van der Waals surface area contributed by atoms with Crippen LogP contribution in [0.25, 0.3) is 11.0 Å². The summed E-state index contributed by atoms with van der Waals surface area (Å²) in [7, 11) is 1.60. The van der Waals surface area contributed by atoms with Crippen LogP contribution in [0.1, 0.15) is 11.3 Å². The zero-order chi connectivity index (χ0) is 17.9. The number of hydrogen-bond donors (Lipinski definition) is 1. The van der Waals surface area contributed by atoms with Crippen LogP contribution in [-0.4, -0.2) is 22.8 Å².